The lowest BCUT2D eigenvalue weighted by Crippen LogP contribution is -2.21. The Balaban J connectivity index is 1.97. The van der Waals surface area contributed by atoms with Crippen molar-refractivity contribution in [2.24, 2.45) is 11.8 Å². The van der Waals surface area contributed by atoms with Gasteiger partial charge >= 0.3 is 5.97 Å². The third-order valence-corrected chi connectivity index (χ3v) is 3.71. The number of rotatable bonds is 6. The minimum Gasteiger partial charge on any atom is -0.481 e. The van der Waals surface area contributed by atoms with E-state index >= 15 is 0 Å². The predicted octanol–water partition coefficient (Wildman–Crippen LogP) is 2.69. The molecule has 1 unspecified atom stereocenters. The number of carbonyl (C=O) groups is 1. The van der Waals surface area contributed by atoms with Crippen molar-refractivity contribution in [2.75, 3.05) is 11.9 Å². The highest BCUT2D eigenvalue weighted by molar-refractivity contribution is 5.67. The molecule has 0 aliphatic heterocycles. The van der Waals surface area contributed by atoms with Crippen LogP contribution in [0.3, 0.4) is 0 Å². The first kappa shape index (κ1) is 14.8. The van der Waals surface area contributed by atoms with E-state index in [1.807, 2.05) is 6.07 Å². The largest absolute Gasteiger partial charge is 0.481 e. The van der Waals surface area contributed by atoms with Crippen molar-refractivity contribution >= 4 is 11.8 Å². The van der Waals surface area contributed by atoms with Gasteiger partial charge in [0.05, 0.1) is 12.1 Å². The summed E-state index contributed by atoms with van der Waals surface area (Å²) < 4.78 is 0. The van der Waals surface area contributed by atoms with Crippen LogP contribution in [0.15, 0.2) is 12.4 Å². The van der Waals surface area contributed by atoms with Gasteiger partial charge in [-0.3, -0.25) is 4.79 Å². The fraction of sp³-hybridized carbons (Fsp3) is 0.667. The zero-order chi connectivity index (χ0) is 14.8. The third kappa shape index (κ3) is 4.18. The van der Waals surface area contributed by atoms with Gasteiger partial charge in [0.1, 0.15) is 12.1 Å². The van der Waals surface area contributed by atoms with Crippen molar-refractivity contribution in [2.45, 2.75) is 45.4 Å². The first-order valence-corrected chi connectivity index (χ1v) is 7.14. The van der Waals surface area contributed by atoms with E-state index in [1.165, 1.54) is 0 Å². The summed E-state index contributed by atoms with van der Waals surface area (Å²) in [7, 11) is 0. The number of hydrogen-bond donors (Lipinski definition) is 2. The van der Waals surface area contributed by atoms with E-state index in [2.05, 4.69) is 36.1 Å². The van der Waals surface area contributed by atoms with Gasteiger partial charge in [-0.25, -0.2) is 9.97 Å². The van der Waals surface area contributed by atoms with E-state index in [0.717, 1.165) is 24.4 Å². The van der Waals surface area contributed by atoms with Gasteiger partial charge in [0, 0.05) is 18.0 Å². The molecule has 1 aliphatic carbocycles. The van der Waals surface area contributed by atoms with Gasteiger partial charge in [0.15, 0.2) is 0 Å². The van der Waals surface area contributed by atoms with Gasteiger partial charge in [-0.05, 0) is 24.7 Å². The molecule has 2 N–H and O–H groups in total. The molecule has 110 valence electrons. The van der Waals surface area contributed by atoms with Crippen molar-refractivity contribution in [3.63, 3.8) is 0 Å². The van der Waals surface area contributed by atoms with Crippen LogP contribution in [0.5, 0.6) is 0 Å². The summed E-state index contributed by atoms with van der Waals surface area (Å²) >= 11 is 0. The van der Waals surface area contributed by atoms with Crippen molar-refractivity contribution in [1.82, 2.24) is 9.97 Å². The van der Waals surface area contributed by atoms with Crippen LogP contribution in [0.2, 0.25) is 0 Å². The van der Waals surface area contributed by atoms with Gasteiger partial charge in [-0.15, -0.1) is 0 Å². The molecule has 0 spiro atoms. The molecule has 1 atom stereocenters. The zero-order valence-corrected chi connectivity index (χ0v) is 12.4. The van der Waals surface area contributed by atoms with Gasteiger partial charge < -0.3 is 10.4 Å². The van der Waals surface area contributed by atoms with Gasteiger partial charge in [-0.1, -0.05) is 20.8 Å². The molecular formula is C15H23N3O2. The number of carboxylic acids is 1. The fourth-order valence-electron chi connectivity index (χ4n) is 2.30. The molecule has 1 aliphatic rings. The molecule has 1 aromatic rings. The highest BCUT2D eigenvalue weighted by Crippen LogP contribution is 2.38. The molecule has 0 amide bonds. The second-order valence-corrected chi connectivity index (χ2v) is 6.61. The molecule has 1 fully saturated rings. The summed E-state index contributed by atoms with van der Waals surface area (Å²) in [6, 6.07) is 1.95. The Hall–Kier alpha value is -1.65. The zero-order valence-electron chi connectivity index (χ0n) is 12.4. The molecule has 0 radical (unpaired) electrons. The Kier molecular flexibility index (Phi) is 4.26. The molecule has 20 heavy (non-hydrogen) atoms. The normalized spacial score (nSPS) is 16.8. The van der Waals surface area contributed by atoms with Crippen LogP contribution < -0.4 is 5.32 Å². The van der Waals surface area contributed by atoms with Crippen molar-refractivity contribution in [3.8, 4) is 0 Å². The molecule has 2 rings (SSSR count). The fourth-order valence-corrected chi connectivity index (χ4v) is 2.30. The maximum atomic E-state index is 10.9. The number of nitrogens with one attached hydrogen (secondary N) is 1. The summed E-state index contributed by atoms with van der Waals surface area (Å²) in [4.78, 5) is 19.4. The van der Waals surface area contributed by atoms with Crippen LogP contribution in [0, 0.1) is 11.8 Å². The van der Waals surface area contributed by atoms with Crippen LogP contribution >= 0.6 is 0 Å². The van der Waals surface area contributed by atoms with Gasteiger partial charge in [0.25, 0.3) is 0 Å². The molecule has 5 heteroatoms. The maximum Gasteiger partial charge on any atom is 0.303 e. The average molecular weight is 277 g/mol. The van der Waals surface area contributed by atoms with E-state index in [4.69, 9.17) is 5.11 Å². The number of aromatic nitrogens is 2. The summed E-state index contributed by atoms with van der Waals surface area (Å²) in [5.74, 6) is 0.811. The minimum atomic E-state index is -0.721. The Morgan fingerprint density at radius 3 is 2.70 bits per heavy atom. The second-order valence-electron chi connectivity index (χ2n) is 6.61. The minimum absolute atomic E-state index is 0.0175. The molecule has 5 nitrogen and oxygen atoms in total. The molecule has 0 aromatic carbocycles. The lowest BCUT2D eigenvalue weighted by atomic mass is 9.92. The first-order chi connectivity index (χ1) is 9.36. The van der Waals surface area contributed by atoms with Gasteiger partial charge in [-0.2, -0.15) is 0 Å². The lowest BCUT2D eigenvalue weighted by Gasteiger charge is -2.19. The maximum absolute atomic E-state index is 10.9. The Bertz CT molecular complexity index is 478. The highest BCUT2D eigenvalue weighted by atomic mass is 16.4. The van der Waals surface area contributed by atoms with Crippen LogP contribution in [0.1, 0.15) is 45.7 Å². The summed E-state index contributed by atoms with van der Waals surface area (Å²) in [5, 5.41) is 12.2. The average Bonchev–Trinajstić information content (AvgIpc) is 3.17. The molecule has 1 aromatic heterocycles. The molecule has 0 bridgehead atoms. The predicted molar refractivity (Wildman–Crippen MR) is 77.7 cm³/mol. The number of carboxylic acid groups (broad SMARTS) is 1. The summed E-state index contributed by atoms with van der Waals surface area (Å²) in [6.07, 6.45) is 4.09. The van der Waals surface area contributed by atoms with E-state index < -0.39 is 5.97 Å². The smallest absolute Gasteiger partial charge is 0.303 e. The quantitative estimate of drug-likeness (QED) is 0.836. The van der Waals surface area contributed by atoms with E-state index in [9.17, 15) is 4.79 Å². The van der Waals surface area contributed by atoms with Crippen molar-refractivity contribution in [1.29, 1.82) is 0 Å². The number of hydrogen-bond acceptors (Lipinski definition) is 4. The van der Waals surface area contributed by atoms with Crippen LogP contribution in [0.4, 0.5) is 5.82 Å². The monoisotopic (exact) mass is 277 g/mol. The Labute approximate surface area is 119 Å². The van der Waals surface area contributed by atoms with Crippen molar-refractivity contribution < 1.29 is 9.90 Å². The highest BCUT2D eigenvalue weighted by Gasteiger charge is 2.32. The van der Waals surface area contributed by atoms with E-state index in [-0.39, 0.29) is 17.8 Å². The lowest BCUT2D eigenvalue weighted by molar-refractivity contribution is -0.138. The van der Waals surface area contributed by atoms with Crippen molar-refractivity contribution in [3.05, 3.63) is 18.1 Å². The number of nitrogens with zero attached hydrogens (tertiary/aromatic N) is 2. The van der Waals surface area contributed by atoms with Crippen LogP contribution in [-0.4, -0.2) is 27.6 Å². The Morgan fingerprint density at radius 1 is 1.45 bits per heavy atom. The van der Waals surface area contributed by atoms with E-state index in [1.54, 1.807) is 6.33 Å². The third-order valence-electron chi connectivity index (χ3n) is 3.71. The van der Waals surface area contributed by atoms with Crippen LogP contribution in [-0.2, 0) is 10.2 Å². The number of anilines is 1. The van der Waals surface area contributed by atoms with Gasteiger partial charge in [0.2, 0.25) is 0 Å². The summed E-state index contributed by atoms with van der Waals surface area (Å²) in [5.41, 5.74) is 0.965. The molecule has 1 saturated carbocycles. The van der Waals surface area contributed by atoms with Crippen LogP contribution in [0.25, 0.3) is 0 Å². The molecule has 1 heterocycles. The Morgan fingerprint density at radius 2 is 2.15 bits per heavy atom. The SMILES string of the molecule is CC(C)(C)c1cc(NCC(CC(=O)O)C2CC2)ncn1. The second kappa shape index (κ2) is 5.77. The van der Waals surface area contributed by atoms with E-state index in [0.29, 0.717) is 12.5 Å². The standard InChI is InChI=1S/C15H23N3O2/c1-15(2,3)12-7-13(18-9-17-12)16-8-11(6-14(19)20)10-4-5-10/h7,9-11H,4-6,8H2,1-3H3,(H,19,20)(H,16,17,18). The summed E-state index contributed by atoms with van der Waals surface area (Å²) in [6.45, 7) is 6.99. The topological polar surface area (TPSA) is 75.1 Å². The first-order valence-electron chi connectivity index (χ1n) is 7.14. The molecule has 0 saturated heterocycles. The number of aliphatic carboxylic acids is 1. The molecular weight excluding hydrogens is 254 g/mol.